The van der Waals surface area contributed by atoms with Crippen LogP contribution in [0.2, 0.25) is 0 Å². The van der Waals surface area contributed by atoms with E-state index >= 15 is 0 Å². The lowest BCUT2D eigenvalue weighted by Gasteiger charge is -2.08. The van der Waals surface area contributed by atoms with Crippen LogP contribution >= 0.6 is 0 Å². The number of allylic oxidation sites excluding steroid dienone is 6. The van der Waals surface area contributed by atoms with Crippen molar-refractivity contribution in [3.8, 4) is 11.8 Å². The van der Waals surface area contributed by atoms with E-state index in [1.165, 1.54) is 12.1 Å². The van der Waals surface area contributed by atoms with Crippen LogP contribution in [0.15, 0.2) is 88.5 Å². The van der Waals surface area contributed by atoms with Crippen LogP contribution in [0.1, 0.15) is 11.1 Å². The molecular weight excluding hydrogens is 388 g/mol. The van der Waals surface area contributed by atoms with Gasteiger partial charge in [0.05, 0.1) is 12.7 Å². The van der Waals surface area contributed by atoms with Crippen LogP contribution in [-0.2, 0) is 14.4 Å². The maximum atomic E-state index is 12.2. The Morgan fingerprint density at radius 2 is 1.59 bits per heavy atom. The molecule has 2 aromatic carbocycles. The van der Waals surface area contributed by atoms with Gasteiger partial charge in [0.1, 0.15) is 22.4 Å². The minimum atomic E-state index is -3.99. The SMILES string of the molecule is COc1ccc(C(C#N)=C2C=CC(=NOS(=O)(=O)c3ccc(C)cc3)C=C2)cc1. The highest BCUT2D eigenvalue weighted by Gasteiger charge is 2.16. The molecule has 1 aliphatic carbocycles. The Kier molecular flexibility index (Phi) is 5.96. The molecule has 0 N–H and O–H groups in total. The summed E-state index contributed by atoms with van der Waals surface area (Å²) in [5.74, 6) is 0.701. The quantitative estimate of drug-likeness (QED) is 0.549. The molecule has 0 atom stereocenters. The van der Waals surface area contributed by atoms with Gasteiger partial charge in [-0.2, -0.15) is 13.7 Å². The van der Waals surface area contributed by atoms with Crippen molar-refractivity contribution in [3.63, 3.8) is 0 Å². The van der Waals surface area contributed by atoms with Crippen molar-refractivity contribution < 1.29 is 17.4 Å². The first-order valence-corrected chi connectivity index (χ1v) is 10.1. The van der Waals surface area contributed by atoms with Crippen molar-refractivity contribution in [3.05, 3.63) is 89.5 Å². The molecule has 1 aliphatic rings. The molecule has 2 aromatic rings. The van der Waals surface area contributed by atoms with E-state index in [0.29, 0.717) is 22.6 Å². The van der Waals surface area contributed by atoms with E-state index in [4.69, 9.17) is 9.02 Å². The van der Waals surface area contributed by atoms with Crippen molar-refractivity contribution in [1.82, 2.24) is 0 Å². The average Bonchev–Trinajstić information content (AvgIpc) is 2.74. The van der Waals surface area contributed by atoms with E-state index < -0.39 is 10.1 Å². The van der Waals surface area contributed by atoms with Crippen LogP contribution in [0, 0.1) is 18.3 Å². The van der Waals surface area contributed by atoms with Crippen molar-refractivity contribution in [2.24, 2.45) is 5.16 Å². The van der Waals surface area contributed by atoms with Crippen LogP contribution in [0.5, 0.6) is 5.75 Å². The molecule has 7 heteroatoms. The minimum Gasteiger partial charge on any atom is -0.497 e. The Morgan fingerprint density at radius 3 is 2.14 bits per heavy atom. The molecule has 0 spiro atoms. The summed E-state index contributed by atoms with van der Waals surface area (Å²) in [6.07, 6.45) is 6.54. The molecule has 0 heterocycles. The summed E-state index contributed by atoms with van der Waals surface area (Å²) < 4.78 is 34.3. The molecule has 29 heavy (non-hydrogen) atoms. The lowest BCUT2D eigenvalue weighted by molar-refractivity contribution is 0.339. The predicted octanol–water partition coefficient (Wildman–Crippen LogP) is 4.17. The van der Waals surface area contributed by atoms with Gasteiger partial charge in [-0.05, 0) is 66.6 Å². The fourth-order valence-corrected chi connectivity index (χ4v) is 3.32. The third-order valence-corrected chi connectivity index (χ3v) is 5.32. The first-order chi connectivity index (χ1) is 13.9. The second kappa shape index (κ2) is 8.59. The van der Waals surface area contributed by atoms with E-state index in [1.807, 2.05) is 6.92 Å². The normalized spacial score (nSPS) is 13.0. The first kappa shape index (κ1) is 20.1. The summed E-state index contributed by atoms with van der Waals surface area (Å²) in [5, 5.41) is 13.2. The average molecular weight is 406 g/mol. The number of nitrogens with zero attached hydrogens (tertiary/aromatic N) is 2. The maximum Gasteiger partial charge on any atom is 0.358 e. The van der Waals surface area contributed by atoms with E-state index in [-0.39, 0.29) is 4.90 Å². The fourth-order valence-electron chi connectivity index (χ4n) is 2.58. The van der Waals surface area contributed by atoms with Crippen LogP contribution in [0.3, 0.4) is 0 Å². The molecule has 6 nitrogen and oxygen atoms in total. The van der Waals surface area contributed by atoms with Crippen molar-refractivity contribution in [2.45, 2.75) is 11.8 Å². The van der Waals surface area contributed by atoms with Gasteiger partial charge in [-0.15, -0.1) is 0 Å². The molecule has 0 saturated heterocycles. The highest BCUT2D eigenvalue weighted by Crippen LogP contribution is 2.24. The summed E-state index contributed by atoms with van der Waals surface area (Å²) in [4.78, 5) is 0.0306. The number of benzene rings is 2. The fraction of sp³-hybridized carbons (Fsp3) is 0.0909. The number of methoxy groups -OCH3 is 1. The van der Waals surface area contributed by atoms with Crippen LogP contribution in [0.25, 0.3) is 5.57 Å². The second-order valence-electron chi connectivity index (χ2n) is 6.20. The zero-order valence-corrected chi connectivity index (χ0v) is 16.7. The van der Waals surface area contributed by atoms with Crippen molar-refractivity contribution in [1.29, 1.82) is 5.26 Å². The number of aryl methyl sites for hydroxylation is 1. The maximum absolute atomic E-state index is 12.2. The number of nitriles is 1. The highest BCUT2D eigenvalue weighted by atomic mass is 32.2. The summed E-state index contributed by atoms with van der Waals surface area (Å²) in [7, 11) is -2.42. The van der Waals surface area contributed by atoms with Gasteiger partial charge in [0.25, 0.3) is 0 Å². The van der Waals surface area contributed by atoms with Gasteiger partial charge in [-0.3, -0.25) is 4.28 Å². The van der Waals surface area contributed by atoms with E-state index in [2.05, 4.69) is 11.2 Å². The Bertz CT molecular complexity index is 1150. The second-order valence-corrected chi connectivity index (χ2v) is 7.72. The zero-order valence-electron chi connectivity index (χ0n) is 15.9. The molecular formula is C22H18N2O4S. The summed E-state index contributed by atoms with van der Waals surface area (Å²) in [6, 6.07) is 15.6. The number of oxime groups is 1. The van der Waals surface area contributed by atoms with Gasteiger partial charge in [0.15, 0.2) is 0 Å². The topological polar surface area (TPSA) is 88.8 Å². The Balaban J connectivity index is 1.78. The zero-order chi connectivity index (χ0) is 20.9. The Hall–Kier alpha value is -3.63. The molecule has 0 unspecified atom stereocenters. The molecule has 0 radical (unpaired) electrons. The molecule has 0 bridgehead atoms. The van der Waals surface area contributed by atoms with Crippen LogP contribution < -0.4 is 4.74 Å². The molecule has 0 aromatic heterocycles. The number of hydrogen-bond donors (Lipinski definition) is 0. The van der Waals surface area contributed by atoms with Gasteiger partial charge >= 0.3 is 10.1 Å². The Morgan fingerprint density at radius 1 is 0.966 bits per heavy atom. The predicted molar refractivity (Wildman–Crippen MR) is 111 cm³/mol. The molecule has 0 amide bonds. The van der Waals surface area contributed by atoms with E-state index in [0.717, 1.165) is 11.1 Å². The third kappa shape index (κ3) is 4.81. The van der Waals surface area contributed by atoms with Crippen molar-refractivity contribution >= 4 is 21.4 Å². The third-order valence-electron chi connectivity index (χ3n) is 4.20. The molecule has 0 aliphatic heterocycles. The monoisotopic (exact) mass is 406 g/mol. The van der Waals surface area contributed by atoms with Gasteiger partial charge in [0.2, 0.25) is 0 Å². The molecule has 0 fully saturated rings. The molecule has 0 saturated carbocycles. The summed E-state index contributed by atoms with van der Waals surface area (Å²) >= 11 is 0. The smallest absolute Gasteiger partial charge is 0.358 e. The molecule has 3 rings (SSSR count). The summed E-state index contributed by atoms with van der Waals surface area (Å²) in [6.45, 7) is 1.86. The van der Waals surface area contributed by atoms with Crippen molar-refractivity contribution in [2.75, 3.05) is 7.11 Å². The lowest BCUT2D eigenvalue weighted by Crippen LogP contribution is -2.05. The molecule has 146 valence electrons. The van der Waals surface area contributed by atoms with Crippen LogP contribution in [0.4, 0.5) is 0 Å². The standard InChI is InChI=1S/C22H18N2O4S/c1-16-3-13-21(14-4-16)29(25,26)28-24-19-9-5-17(6-10-19)22(15-23)18-7-11-20(27-2)12-8-18/h3-14H,1-2H3. The highest BCUT2D eigenvalue weighted by molar-refractivity contribution is 7.86. The van der Waals surface area contributed by atoms with E-state index in [1.54, 1.807) is 67.8 Å². The lowest BCUT2D eigenvalue weighted by atomic mass is 9.97. The van der Waals surface area contributed by atoms with E-state index in [9.17, 15) is 13.7 Å². The van der Waals surface area contributed by atoms with Gasteiger partial charge in [-0.1, -0.05) is 35.0 Å². The number of rotatable bonds is 5. The summed E-state index contributed by atoms with van der Waals surface area (Å²) in [5.41, 5.74) is 3.16. The van der Waals surface area contributed by atoms with Gasteiger partial charge in [-0.25, -0.2) is 0 Å². The number of ether oxygens (including phenoxy) is 1. The largest absolute Gasteiger partial charge is 0.497 e. The number of hydrogen-bond acceptors (Lipinski definition) is 6. The minimum absolute atomic E-state index is 0.0306. The van der Waals surface area contributed by atoms with Gasteiger partial charge < -0.3 is 4.74 Å². The van der Waals surface area contributed by atoms with Crippen LogP contribution in [-0.4, -0.2) is 21.2 Å². The van der Waals surface area contributed by atoms with Gasteiger partial charge in [0, 0.05) is 0 Å². The first-order valence-electron chi connectivity index (χ1n) is 8.66. The Labute approximate surface area is 169 Å².